The molecule has 2 heterocycles. The van der Waals surface area contributed by atoms with E-state index in [4.69, 9.17) is 9.15 Å². The van der Waals surface area contributed by atoms with E-state index in [1.54, 1.807) is 11.8 Å². The molecular formula is C26H37NO3. The van der Waals surface area contributed by atoms with Gasteiger partial charge in [-0.25, -0.2) is 0 Å². The second kappa shape index (κ2) is 8.18. The summed E-state index contributed by atoms with van der Waals surface area (Å²) in [5.41, 5.74) is 1.84. The lowest BCUT2D eigenvalue weighted by atomic mass is 9.59. The van der Waals surface area contributed by atoms with Crippen molar-refractivity contribution >= 4 is 5.97 Å². The van der Waals surface area contributed by atoms with E-state index in [0.29, 0.717) is 17.9 Å². The van der Waals surface area contributed by atoms with Crippen LogP contribution in [0, 0.1) is 29.1 Å². The van der Waals surface area contributed by atoms with Crippen molar-refractivity contribution in [1.82, 2.24) is 5.32 Å². The molecule has 0 unspecified atom stereocenters. The lowest BCUT2D eigenvalue weighted by molar-refractivity contribution is -0.145. The average Bonchev–Trinajstić information content (AvgIpc) is 3.33. The van der Waals surface area contributed by atoms with Gasteiger partial charge in [0.15, 0.2) is 0 Å². The summed E-state index contributed by atoms with van der Waals surface area (Å²) in [6.45, 7) is 5.51. The zero-order chi connectivity index (χ0) is 20.7. The topological polar surface area (TPSA) is 51.5 Å². The minimum atomic E-state index is -0.0348. The molecule has 7 atom stereocenters. The van der Waals surface area contributed by atoms with Crippen LogP contribution >= 0.6 is 0 Å². The largest absolute Gasteiger partial charge is 0.469 e. The number of esters is 1. The Morgan fingerprint density at radius 2 is 2.07 bits per heavy atom. The summed E-state index contributed by atoms with van der Waals surface area (Å²) >= 11 is 0. The quantitative estimate of drug-likeness (QED) is 0.529. The molecule has 1 aromatic rings. The van der Waals surface area contributed by atoms with Crippen LogP contribution in [-0.4, -0.2) is 24.7 Å². The molecule has 164 valence electrons. The first-order valence-corrected chi connectivity index (χ1v) is 12.2. The van der Waals surface area contributed by atoms with Crippen molar-refractivity contribution in [1.29, 1.82) is 0 Å². The third kappa shape index (κ3) is 3.77. The molecule has 1 saturated heterocycles. The van der Waals surface area contributed by atoms with Crippen molar-refractivity contribution in [2.24, 2.45) is 29.1 Å². The number of carbonyl (C=O) groups excluding carboxylic acids is 1. The molecule has 1 aromatic heterocycles. The number of ether oxygens (including phenoxy) is 1. The molecule has 1 N–H and O–H groups in total. The van der Waals surface area contributed by atoms with E-state index in [0.717, 1.165) is 25.1 Å². The highest BCUT2D eigenvalue weighted by Crippen LogP contribution is 2.53. The Morgan fingerprint density at radius 3 is 2.90 bits per heavy atom. The number of nitrogens with one attached hydrogen (secondary N) is 1. The van der Waals surface area contributed by atoms with Crippen molar-refractivity contribution in [2.45, 2.75) is 83.8 Å². The Bertz CT molecular complexity index is 784. The molecule has 1 aliphatic heterocycles. The Kier molecular flexibility index (Phi) is 5.55. The molecule has 0 aromatic carbocycles. The minimum Gasteiger partial charge on any atom is -0.469 e. The zero-order valence-corrected chi connectivity index (χ0v) is 18.6. The van der Waals surface area contributed by atoms with Gasteiger partial charge in [0.25, 0.3) is 0 Å². The maximum atomic E-state index is 12.8. The van der Waals surface area contributed by atoms with Gasteiger partial charge >= 0.3 is 5.97 Å². The van der Waals surface area contributed by atoms with E-state index < -0.39 is 0 Å². The predicted octanol–water partition coefficient (Wildman–Crippen LogP) is 5.28. The molecule has 0 radical (unpaired) electrons. The number of furan rings is 1. The minimum absolute atomic E-state index is 0.0163. The molecule has 3 aliphatic carbocycles. The Balaban J connectivity index is 1.28. The Morgan fingerprint density at radius 1 is 1.20 bits per heavy atom. The first-order valence-electron chi connectivity index (χ1n) is 12.2. The van der Waals surface area contributed by atoms with E-state index in [9.17, 15) is 4.79 Å². The monoisotopic (exact) mass is 411 g/mol. The average molecular weight is 412 g/mol. The summed E-state index contributed by atoms with van der Waals surface area (Å²) in [6, 6.07) is 4.53. The van der Waals surface area contributed by atoms with Crippen molar-refractivity contribution in [2.75, 3.05) is 6.54 Å². The molecule has 30 heavy (non-hydrogen) atoms. The SMILES string of the molecule is C[C@@H]1CCC[C@]2(C)C[C@H]3OC(=O)[C@@H](CN[C@@H]4CCCC[C@@H]4Cc4ccco4)[C@H]3C=C12. The summed E-state index contributed by atoms with van der Waals surface area (Å²) in [5, 5.41) is 3.81. The van der Waals surface area contributed by atoms with Gasteiger partial charge in [-0.3, -0.25) is 4.79 Å². The number of rotatable bonds is 5. The summed E-state index contributed by atoms with van der Waals surface area (Å²) in [5.74, 6) is 2.54. The van der Waals surface area contributed by atoms with Crippen molar-refractivity contribution in [3.05, 3.63) is 35.8 Å². The number of fused-ring (bicyclic) bond motifs is 2. The number of hydrogen-bond donors (Lipinski definition) is 1. The lowest BCUT2D eigenvalue weighted by Crippen LogP contribution is -2.44. The van der Waals surface area contributed by atoms with E-state index in [-0.39, 0.29) is 29.3 Å². The fourth-order valence-electron chi connectivity index (χ4n) is 6.97. The molecule has 0 amide bonds. The molecule has 5 rings (SSSR count). The van der Waals surface area contributed by atoms with Gasteiger partial charge in [-0.05, 0) is 61.5 Å². The van der Waals surface area contributed by atoms with Gasteiger partial charge in [-0.2, -0.15) is 0 Å². The van der Waals surface area contributed by atoms with Crippen molar-refractivity contribution < 1.29 is 13.9 Å². The fourth-order valence-corrected chi connectivity index (χ4v) is 6.97. The fraction of sp³-hybridized carbons (Fsp3) is 0.731. The van der Waals surface area contributed by atoms with Gasteiger partial charge in [0.1, 0.15) is 11.9 Å². The van der Waals surface area contributed by atoms with Crippen LogP contribution in [0.1, 0.15) is 71.0 Å². The second-order valence-corrected chi connectivity index (χ2v) is 10.7. The summed E-state index contributed by atoms with van der Waals surface area (Å²) in [7, 11) is 0. The smallest absolute Gasteiger partial charge is 0.311 e. The normalized spacial score (nSPS) is 41.0. The Labute approximate surface area is 180 Å². The predicted molar refractivity (Wildman–Crippen MR) is 117 cm³/mol. The van der Waals surface area contributed by atoms with Gasteiger partial charge in [0, 0.05) is 24.9 Å². The van der Waals surface area contributed by atoms with Crippen LogP contribution in [0.15, 0.2) is 34.5 Å². The van der Waals surface area contributed by atoms with Crippen molar-refractivity contribution in [3.63, 3.8) is 0 Å². The Hall–Kier alpha value is -1.55. The van der Waals surface area contributed by atoms with Gasteiger partial charge < -0.3 is 14.5 Å². The van der Waals surface area contributed by atoms with Crippen molar-refractivity contribution in [3.8, 4) is 0 Å². The molecule has 2 saturated carbocycles. The summed E-state index contributed by atoms with van der Waals surface area (Å²) in [4.78, 5) is 12.8. The summed E-state index contributed by atoms with van der Waals surface area (Å²) in [6.07, 6.45) is 15.1. The molecule has 0 bridgehead atoms. The molecular weight excluding hydrogens is 374 g/mol. The van der Waals surface area contributed by atoms with Crippen LogP contribution < -0.4 is 5.32 Å². The first kappa shape index (κ1) is 20.4. The standard InChI is InChI=1S/C26H37NO3/c1-17-7-5-11-26(2)15-24-20(14-22(17)26)21(25(28)30-24)16-27-23-10-4-3-8-18(23)13-19-9-6-12-29-19/h6,9,12,14,17-18,20-21,23-24,27H,3-5,7-8,10-11,13,15-16H2,1-2H3/t17-,18-,20-,21+,23-,24-,26-/m1/s1. The van der Waals surface area contributed by atoms with Gasteiger partial charge in [0.2, 0.25) is 0 Å². The lowest BCUT2D eigenvalue weighted by Gasteiger charge is -2.46. The van der Waals surface area contributed by atoms with Crippen LogP contribution in [0.5, 0.6) is 0 Å². The van der Waals surface area contributed by atoms with E-state index in [2.05, 4.69) is 31.3 Å². The maximum absolute atomic E-state index is 12.8. The van der Waals surface area contributed by atoms with Gasteiger partial charge in [-0.1, -0.05) is 44.8 Å². The van der Waals surface area contributed by atoms with Crippen LogP contribution in [0.3, 0.4) is 0 Å². The van der Waals surface area contributed by atoms with E-state index in [1.165, 1.54) is 44.9 Å². The number of hydrogen-bond acceptors (Lipinski definition) is 4. The van der Waals surface area contributed by atoms with Gasteiger partial charge in [0.05, 0.1) is 12.2 Å². The molecule has 4 nitrogen and oxygen atoms in total. The number of carbonyl (C=O) groups is 1. The summed E-state index contributed by atoms with van der Waals surface area (Å²) < 4.78 is 11.6. The maximum Gasteiger partial charge on any atom is 0.311 e. The molecule has 4 heteroatoms. The van der Waals surface area contributed by atoms with Crippen LogP contribution in [0.4, 0.5) is 0 Å². The zero-order valence-electron chi connectivity index (χ0n) is 18.6. The van der Waals surface area contributed by atoms with Crippen LogP contribution in [0.2, 0.25) is 0 Å². The third-order valence-electron chi connectivity index (χ3n) is 8.63. The number of allylic oxidation sites excluding steroid dienone is 1. The van der Waals surface area contributed by atoms with E-state index >= 15 is 0 Å². The van der Waals surface area contributed by atoms with E-state index in [1.807, 2.05) is 6.07 Å². The highest BCUT2D eigenvalue weighted by molar-refractivity contribution is 5.76. The second-order valence-electron chi connectivity index (χ2n) is 10.7. The van der Waals surface area contributed by atoms with Crippen LogP contribution in [-0.2, 0) is 16.0 Å². The highest BCUT2D eigenvalue weighted by atomic mass is 16.6. The molecule has 3 fully saturated rings. The molecule has 4 aliphatic rings. The molecule has 0 spiro atoms. The third-order valence-corrected chi connectivity index (χ3v) is 8.63. The van der Waals surface area contributed by atoms with Gasteiger partial charge in [-0.15, -0.1) is 0 Å². The first-order chi connectivity index (χ1) is 14.5. The highest BCUT2D eigenvalue weighted by Gasteiger charge is 2.51. The van der Waals surface area contributed by atoms with Crippen LogP contribution in [0.25, 0.3) is 0 Å².